The van der Waals surface area contributed by atoms with Crippen molar-refractivity contribution >= 4 is 17.3 Å². The number of benzene rings is 2. The van der Waals surface area contributed by atoms with Crippen molar-refractivity contribution in [3.05, 3.63) is 64.0 Å². The van der Waals surface area contributed by atoms with E-state index < -0.39 is 16.6 Å². The van der Waals surface area contributed by atoms with Crippen LogP contribution in [0.5, 0.6) is 5.75 Å². The number of carbonyl (C=O) groups is 1. The summed E-state index contributed by atoms with van der Waals surface area (Å²) in [5.74, 6) is -0.748. The Morgan fingerprint density at radius 1 is 1.27 bits per heavy atom. The van der Waals surface area contributed by atoms with Crippen molar-refractivity contribution in [1.82, 2.24) is 0 Å². The van der Waals surface area contributed by atoms with Gasteiger partial charge in [-0.05, 0) is 36.8 Å². The fourth-order valence-corrected chi connectivity index (χ4v) is 1.73. The van der Waals surface area contributed by atoms with Gasteiger partial charge in [0, 0.05) is 12.1 Å². The molecular formula is C15H13FN2O4. The van der Waals surface area contributed by atoms with Crippen LogP contribution in [0.2, 0.25) is 0 Å². The average molecular weight is 304 g/mol. The number of anilines is 1. The Hall–Kier alpha value is -2.96. The standard InChI is InChI=1S/C15H13FN2O4/c1-10-2-7-13(16)14(8-10)17-15(19)9-22-12-5-3-11(4-6-12)18(20)21/h2-8H,9H2,1H3,(H,17,19). The predicted octanol–water partition coefficient (Wildman–Crippen LogP) is 3.06. The SMILES string of the molecule is Cc1ccc(F)c(NC(=O)COc2ccc([N+](=O)[O-])cc2)c1. The Balaban J connectivity index is 1.92. The summed E-state index contributed by atoms with van der Waals surface area (Å²) in [4.78, 5) is 21.7. The summed E-state index contributed by atoms with van der Waals surface area (Å²) >= 11 is 0. The van der Waals surface area contributed by atoms with Gasteiger partial charge in [0.25, 0.3) is 11.6 Å². The van der Waals surface area contributed by atoms with Crippen molar-refractivity contribution < 1.29 is 18.8 Å². The van der Waals surface area contributed by atoms with Gasteiger partial charge in [0.05, 0.1) is 10.6 Å². The minimum absolute atomic E-state index is 0.0707. The van der Waals surface area contributed by atoms with Crippen LogP contribution in [0, 0.1) is 22.9 Å². The number of aryl methyl sites for hydroxylation is 1. The molecule has 0 aliphatic carbocycles. The molecule has 0 aliphatic heterocycles. The van der Waals surface area contributed by atoms with Crippen LogP contribution in [-0.4, -0.2) is 17.4 Å². The number of amides is 1. The second kappa shape index (κ2) is 6.66. The Kier molecular flexibility index (Phi) is 4.67. The lowest BCUT2D eigenvalue weighted by Crippen LogP contribution is -2.20. The van der Waals surface area contributed by atoms with E-state index in [9.17, 15) is 19.3 Å². The molecule has 0 radical (unpaired) electrons. The van der Waals surface area contributed by atoms with Crippen LogP contribution in [-0.2, 0) is 4.79 Å². The quantitative estimate of drug-likeness (QED) is 0.680. The van der Waals surface area contributed by atoms with Gasteiger partial charge in [0.15, 0.2) is 6.61 Å². The van der Waals surface area contributed by atoms with Crippen molar-refractivity contribution in [3.63, 3.8) is 0 Å². The van der Waals surface area contributed by atoms with Crippen molar-refractivity contribution in [3.8, 4) is 5.75 Å². The van der Waals surface area contributed by atoms with E-state index in [0.29, 0.717) is 5.75 Å². The third-order valence-electron chi connectivity index (χ3n) is 2.81. The van der Waals surface area contributed by atoms with E-state index in [1.807, 2.05) is 0 Å². The number of nitrogens with zero attached hydrogens (tertiary/aromatic N) is 1. The first-order valence-corrected chi connectivity index (χ1v) is 6.39. The topological polar surface area (TPSA) is 81.5 Å². The van der Waals surface area contributed by atoms with Crippen molar-refractivity contribution in [2.45, 2.75) is 6.92 Å². The minimum atomic E-state index is -0.533. The van der Waals surface area contributed by atoms with Crippen LogP contribution in [0.1, 0.15) is 5.56 Å². The zero-order valence-corrected chi connectivity index (χ0v) is 11.7. The number of ether oxygens (including phenoxy) is 1. The van der Waals surface area contributed by atoms with Gasteiger partial charge >= 0.3 is 0 Å². The van der Waals surface area contributed by atoms with Crippen LogP contribution >= 0.6 is 0 Å². The highest BCUT2D eigenvalue weighted by Gasteiger charge is 2.09. The van der Waals surface area contributed by atoms with E-state index in [2.05, 4.69) is 5.32 Å². The van der Waals surface area contributed by atoms with Gasteiger partial charge in [0.2, 0.25) is 0 Å². The molecule has 1 N–H and O–H groups in total. The van der Waals surface area contributed by atoms with E-state index >= 15 is 0 Å². The molecule has 2 aromatic rings. The zero-order valence-electron chi connectivity index (χ0n) is 11.7. The Morgan fingerprint density at radius 3 is 2.59 bits per heavy atom. The van der Waals surface area contributed by atoms with Crippen LogP contribution in [0.4, 0.5) is 15.8 Å². The Morgan fingerprint density at radius 2 is 1.95 bits per heavy atom. The summed E-state index contributed by atoms with van der Waals surface area (Å²) in [5.41, 5.74) is 0.823. The summed E-state index contributed by atoms with van der Waals surface area (Å²) in [6, 6.07) is 9.69. The van der Waals surface area contributed by atoms with Gasteiger partial charge in [-0.15, -0.1) is 0 Å². The number of rotatable bonds is 5. The van der Waals surface area contributed by atoms with Crippen molar-refractivity contribution in [2.75, 3.05) is 11.9 Å². The number of halogens is 1. The first-order valence-electron chi connectivity index (χ1n) is 6.39. The molecule has 0 bridgehead atoms. The van der Waals surface area contributed by atoms with Gasteiger partial charge in [-0.1, -0.05) is 6.07 Å². The molecule has 22 heavy (non-hydrogen) atoms. The van der Waals surface area contributed by atoms with E-state index in [4.69, 9.17) is 4.74 Å². The van der Waals surface area contributed by atoms with E-state index in [1.54, 1.807) is 13.0 Å². The van der Waals surface area contributed by atoms with E-state index in [1.165, 1.54) is 36.4 Å². The summed E-state index contributed by atoms with van der Waals surface area (Å²) in [6.45, 7) is 1.45. The molecule has 0 heterocycles. The van der Waals surface area contributed by atoms with Crippen molar-refractivity contribution in [2.24, 2.45) is 0 Å². The van der Waals surface area contributed by atoms with Crippen LogP contribution < -0.4 is 10.1 Å². The third-order valence-corrected chi connectivity index (χ3v) is 2.81. The molecule has 0 spiro atoms. The molecule has 0 unspecified atom stereocenters. The molecule has 0 saturated carbocycles. The molecule has 2 aromatic carbocycles. The van der Waals surface area contributed by atoms with Gasteiger partial charge in [-0.3, -0.25) is 14.9 Å². The number of nitrogens with one attached hydrogen (secondary N) is 1. The molecule has 0 saturated heterocycles. The van der Waals surface area contributed by atoms with Crippen LogP contribution in [0.3, 0.4) is 0 Å². The van der Waals surface area contributed by atoms with Gasteiger partial charge in [-0.2, -0.15) is 0 Å². The zero-order chi connectivity index (χ0) is 16.1. The highest BCUT2D eigenvalue weighted by Crippen LogP contribution is 2.18. The second-order valence-corrected chi connectivity index (χ2v) is 4.57. The maximum Gasteiger partial charge on any atom is 0.269 e. The summed E-state index contributed by atoms with van der Waals surface area (Å²) in [5, 5.41) is 12.9. The Labute approximate surface area is 125 Å². The third kappa shape index (κ3) is 4.02. The van der Waals surface area contributed by atoms with E-state index in [0.717, 1.165) is 5.56 Å². The lowest BCUT2D eigenvalue weighted by Gasteiger charge is -2.08. The molecule has 0 aliphatic rings. The first kappa shape index (κ1) is 15.4. The molecule has 7 heteroatoms. The Bertz CT molecular complexity index is 701. The molecule has 1 amide bonds. The summed E-state index contributed by atoms with van der Waals surface area (Å²) < 4.78 is 18.7. The highest BCUT2D eigenvalue weighted by molar-refractivity contribution is 5.92. The van der Waals surface area contributed by atoms with Gasteiger partial charge < -0.3 is 10.1 Å². The van der Waals surface area contributed by atoms with Crippen LogP contribution in [0.15, 0.2) is 42.5 Å². The molecule has 0 aromatic heterocycles. The number of hydrogen-bond acceptors (Lipinski definition) is 4. The first-order chi connectivity index (χ1) is 10.5. The lowest BCUT2D eigenvalue weighted by molar-refractivity contribution is -0.384. The number of nitro benzene ring substituents is 1. The molecule has 6 nitrogen and oxygen atoms in total. The monoisotopic (exact) mass is 304 g/mol. The average Bonchev–Trinajstić information content (AvgIpc) is 2.49. The summed E-state index contributed by atoms with van der Waals surface area (Å²) in [7, 11) is 0. The highest BCUT2D eigenvalue weighted by atomic mass is 19.1. The molecule has 2 rings (SSSR count). The number of hydrogen-bond donors (Lipinski definition) is 1. The molecule has 0 atom stereocenters. The second-order valence-electron chi connectivity index (χ2n) is 4.57. The normalized spacial score (nSPS) is 10.1. The van der Waals surface area contributed by atoms with Gasteiger partial charge in [0.1, 0.15) is 11.6 Å². The number of non-ortho nitro benzene ring substituents is 1. The van der Waals surface area contributed by atoms with Gasteiger partial charge in [-0.25, -0.2) is 4.39 Å². The minimum Gasteiger partial charge on any atom is -0.484 e. The molecular weight excluding hydrogens is 291 g/mol. The molecule has 114 valence electrons. The molecule has 0 fully saturated rings. The fourth-order valence-electron chi connectivity index (χ4n) is 1.73. The largest absolute Gasteiger partial charge is 0.484 e. The number of nitro groups is 1. The fraction of sp³-hybridized carbons (Fsp3) is 0.133. The van der Waals surface area contributed by atoms with Crippen molar-refractivity contribution in [1.29, 1.82) is 0 Å². The van der Waals surface area contributed by atoms with E-state index in [-0.39, 0.29) is 18.0 Å². The maximum atomic E-state index is 13.5. The predicted molar refractivity (Wildman–Crippen MR) is 78.4 cm³/mol. The maximum absolute atomic E-state index is 13.5. The smallest absolute Gasteiger partial charge is 0.269 e. The number of carbonyl (C=O) groups excluding carboxylic acids is 1. The summed E-state index contributed by atoms with van der Waals surface area (Å²) in [6.07, 6.45) is 0. The lowest BCUT2D eigenvalue weighted by atomic mass is 10.2. The van der Waals surface area contributed by atoms with Crippen LogP contribution in [0.25, 0.3) is 0 Å².